The van der Waals surface area contributed by atoms with Crippen molar-refractivity contribution in [1.29, 1.82) is 0 Å². The lowest BCUT2D eigenvalue weighted by Crippen LogP contribution is -2.38. The van der Waals surface area contributed by atoms with Crippen molar-refractivity contribution in [2.24, 2.45) is 5.16 Å². The molecule has 0 spiro atoms. The Hall–Kier alpha value is -2.44. The molecule has 0 aromatic carbocycles. The molecule has 7 nitrogen and oxygen atoms in total. The Kier molecular flexibility index (Phi) is 4.29. The average Bonchev–Trinajstić information content (AvgIpc) is 2.95. The van der Waals surface area contributed by atoms with Crippen molar-refractivity contribution in [2.45, 2.75) is 18.9 Å². The summed E-state index contributed by atoms with van der Waals surface area (Å²) in [5.74, 6) is -1.43. The SMILES string of the molecule is CN(CCc1ccccn1)C(=O)C1CC(C(=O)O)=NO1. The van der Waals surface area contributed by atoms with Gasteiger partial charge in [-0.1, -0.05) is 11.2 Å². The highest BCUT2D eigenvalue weighted by molar-refractivity contribution is 6.36. The fraction of sp³-hybridized carbons (Fsp3) is 0.385. The first-order valence-corrected chi connectivity index (χ1v) is 6.19. The summed E-state index contributed by atoms with van der Waals surface area (Å²) in [6, 6.07) is 5.60. The van der Waals surface area contributed by atoms with Gasteiger partial charge in [0.1, 0.15) is 0 Å². The van der Waals surface area contributed by atoms with Gasteiger partial charge in [-0.25, -0.2) is 4.79 Å². The molecule has 1 aliphatic heterocycles. The number of carboxylic acids is 1. The third kappa shape index (κ3) is 3.31. The summed E-state index contributed by atoms with van der Waals surface area (Å²) in [6.45, 7) is 0.484. The van der Waals surface area contributed by atoms with Crippen LogP contribution in [0.4, 0.5) is 0 Å². The Labute approximate surface area is 115 Å². The van der Waals surface area contributed by atoms with E-state index in [1.165, 1.54) is 4.90 Å². The zero-order chi connectivity index (χ0) is 14.5. The van der Waals surface area contributed by atoms with E-state index in [-0.39, 0.29) is 18.0 Å². The van der Waals surface area contributed by atoms with Crippen molar-refractivity contribution >= 4 is 17.6 Å². The van der Waals surface area contributed by atoms with Crippen molar-refractivity contribution in [3.63, 3.8) is 0 Å². The molecule has 1 N–H and O–H groups in total. The topological polar surface area (TPSA) is 92.1 Å². The van der Waals surface area contributed by atoms with Crippen LogP contribution in [-0.2, 0) is 20.8 Å². The Morgan fingerprint density at radius 3 is 2.90 bits per heavy atom. The summed E-state index contributed by atoms with van der Waals surface area (Å²) in [4.78, 5) is 33.3. The lowest BCUT2D eigenvalue weighted by molar-refractivity contribution is -0.140. The van der Waals surface area contributed by atoms with E-state index in [2.05, 4.69) is 10.1 Å². The molecule has 20 heavy (non-hydrogen) atoms. The van der Waals surface area contributed by atoms with Gasteiger partial charge in [-0.05, 0) is 12.1 Å². The van der Waals surface area contributed by atoms with Crippen LogP contribution in [0.15, 0.2) is 29.6 Å². The van der Waals surface area contributed by atoms with Crippen molar-refractivity contribution < 1.29 is 19.5 Å². The van der Waals surface area contributed by atoms with Crippen LogP contribution in [0.3, 0.4) is 0 Å². The highest BCUT2D eigenvalue weighted by Crippen LogP contribution is 2.13. The molecule has 106 valence electrons. The van der Waals surface area contributed by atoms with Crippen LogP contribution in [0.1, 0.15) is 12.1 Å². The fourth-order valence-electron chi connectivity index (χ4n) is 1.82. The van der Waals surface area contributed by atoms with Gasteiger partial charge in [-0.15, -0.1) is 0 Å². The van der Waals surface area contributed by atoms with Gasteiger partial charge in [0.15, 0.2) is 5.71 Å². The number of pyridine rings is 1. The quantitative estimate of drug-likeness (QED) is 0.836. The molecule has 1 aromatic rings. The largest absolute Gasteiger partial charge is 0.477 e. The van der Waals surface area contributed by atoms with Crippen LogP contribution >= 0.6 is 0 Å². The second-order valence-electron chi connectivity index (χ2n) is 4.47. The number of carboxylic acid groups (broad SMARTS) is 1. The van der Waals surface area contributed by atoms with Crippen LogP contribution in [0, 0.1) is 0 Å². The molecule has 0 aliphatic carbocycles. The first kappa shape index (κ1) is 14.0. The number of amides is 1. The molecule has 1 amide bonds. The molecule has 2 rings (SSSR count). The second kappa shape index (κ2) is 6.14. The van der Waals surface area contributed by atoms with Crippen molar-refractivity contribution in [1.82, 2.24) is 9.88 Å². The molecule has 1 unspecified atom stereocenters. The lowest BCUT2D eigenvalue weighted by Gasteiger charge is -2.19. The number of carbonyl (C=O) groups excluding carboxylic acids is 1. The second-order valence-corrected chi connectivity index (χ2v) is 4.47. The van der Waals surface area contributed by atoms with Gasteiger partial charge >= 0.3 is 5.97 Å². The summed E-state index contributed by atoms with van der Waals surface area (Å²) >= 11 is 0. The number of hydrogen-bond donors (Lipinski definition) is 1. The molecule has 0 bridgehead atoms. The standard InChI is InChI=1S/C13H15N3O4/c1-16(7-5-9-4-2-3-6-14-9)12(17)11-8-10(13(18)19)15-20-11/h2-4,6,11H,5,7-8H2,1H3,(H,18,19). The zero-order valence-electron chi connectivity index (χ0n) is 11.0. The van der Waals surface area contributed by atoms with Gasteiger partial charge in [-0.2, -0.15) is 0 Å². The van der Waals surface area contributed by atoms with Gasteiger partial charge in [-0.3, -0.25) is 9.78 Å². The first-order valence-electron chi connectivity index (χ1n) is 6.19. The summed E-state index contributed by atoms with van der Waals surface area (Å²) in [7, 11) is 1.65. The minimum Gasteiger partial charge on any atom is -0.477 e. The van der Waals surface area contributed by atoms with Gasteiger partial charge in [0.05, 0.1) is 0 Å². The van der Waals surface area contributed by atoms with Gasteiger partial charge < -0.3 is 14.8 Å². The number of aromatic nitrogens is 1. The highest BCUT2D eigenvalue weighted by Gasteiger charge is 2.33. The molecular weight excluding hydrogens is 262 g/mol. The molecule has 1 atom stereocenters. The number of rotatable bonds is 5. The molecule has 1 aliphatic rings. The van der Waals surface area contributed by atoms with Gasteiger partial charge in [0.25, 0.3) is 5.91 Å². The monoisotopic (exact) mass is 277 g/mol. The van der Waals surface area contributed by atoms with Crippen molar-refractivity contribution in [3.8, 4) is 0 Å². The van der Waals surface area contributed by atoms with Gasteiger partial charge in [0.2, 0.25) is 6.10 Å². The molecule has 7 heteroatoms. The van der Waals surface area contributed by atoms with Gasteiger partial charge in [0, 0.05) is 38.3 Å². The summed E-state index contributed by atoms with van der Waals surface area (Å²) < 4.78 is 0. The van der Waals surface area contributed by atoms with E-state index in [0.29, 0.717) is 13.0 Å². The maximum absolute atomic E-state index is 12.0. The number of carbonyl (C=O) groups is 2. The molecular formula is C13H15N3O4. The zero-order valence-corrected chi connectivity index (χ0v) is 11.0. The van der Waals surface area contributed by atoms with Crippen molar-refractivity contribution in [2.75, 3.05) is 13.6 Å². The summed E-state index contributed by atoms with van der Waals surface area (Å²) in [5, 5.41) is 12.2. The van der Waals surface area contributed by atoms with E-state index >= 15 is 0 Å². The minimum atomic E-state index is -1.16. The Bertz CT molecular complexity index is 530. The number of nitrogens with zero attached hydrogens (tertiary/aromatic N) is 3. The Morgan fingerprint density at radius 1 is 1.50 bits per heavy atom. The van der Waals surface area contributed by atoms with E-state index in [0.717, 1.165) is 5.69 Å². The average molecular weight is 277 g/mol. The molecule has 0 saturated carbocycles. The molecule has 0 fully saturated rings. The van der Waals surface area contributed by atoms with Crippen LogP contribution < -0.4 is 0 Å². The predicted octanol–water partition coefficient (Wildman–Crippen LogP) is 0.312. The van der Waals surface area contributed by atoms with Crippen LogP contribution in [0.2, 0.25) is 0 Å². The van der Waals surface area contributed by atoms with E-state index < -0.39 is 12.1 Å². The van der Waals surface area contributed by atoms with E-state index in [9.17, 15) is 9.59 Å². The molecule has 0 saturated heterocycles. The maximum atomic E-state index is 12.0. The highest BCUT2D eigenvalue weighted by atomic mass is 16.6. The molecule has 1 aromatic heterocycles. The first-order chi connectivity index (χ1) is 9.58. The molecule has 2 heterocycles. The van der Waals surface area contributed by atoms with Crippen molar-refractivity contribution in [3.05, 3.63) is 30.1 Å². The Morgan fingerprint density at radius 2 is 2.30 bits per heavy atom. The summed E-state index contributed by atoms with van der Waals surface area (Å²) in [6.07, 6.45) is 1.49. The maximum Gasteiger partial charge on any atom is 0.353 e. The number of aliphatic carboxylic acids is 1. The number of oxime groups is 1. The molecule has 0 radical (unpaired) electrons. The fourth-order valence-corrected chi connectivity index (χ4v) is 1.82. The van der Waals surface area contributed by atoms with Crippen LogP contribution in [-0.4, -0.2) is 52.3 Å². The third-order valence-corrected chi connectivity index (χ3v) is 3.00. The summed E-state index contributed by atoms with van der Waals surface area (Å²) in [5.41, 5.74) is 0.767. The minimum absolute atomic E-state index is 0.00208. The third-order valence-electron chi connectivity index (χ3n) is 3.00. The van der Waals surface area contributed by atoms with Crippen LogP contribution in [0.5, 0.6) is 0 Å². The van der Waals surface area contributed by atoms with E-state index in [1.54, 1.807) is 13.2 Å². The Balaban J connectivity index is 1.83. The van der Waals surface area contributed by atoms with E-state index in [4.69, 9.17) is 9.94 Å². The van der Waals surface area contributed by atoms with Crippen LogP contribution in [0.25, 0.3) is 0 Å². The smallest absolute Gasteiger partial charge is 0.353 e. The predicted molar refractivity (Wildman–Crippen MR) is 70.1 cm³/mol. The number of hydrogen-bond acceptors (Lipinski definition) is 5. The van der Waals surface area contributed by atoms with E-state index in [1.807, 2.05) is 18.2 Å². The lowest BCUT2D eigenvalue weighted by atomic mass is 10.1. The normalized spacial score (nSPS) is 17.2. The number of likely N-dealkylation sites (N-methyl/N-ethyl adjacent to an activating group) is 1.